The minimum absolute atomic E-state index is 0.0681. The average molecular weight is 448 g/mol. The number of benzene rings is 2. The van der Waals surface area contributed by atoms with Gasteiger partial charge in [0.15, 0.2) is 0 Å². The molecule has 1 aliphatic heterocycles. The largest absolute Gasteiger partial charge is 0.449 e. The van der Waals surface area contributed by atoms with Crippen LogP contribution in [0.3, 0.4) is 0 Å². The number of imidazole rings is 1. The van der Waals surface area contributed by atoms with Crippen LogP contribution in [0.25, 0.3) is 22.0 Å². The van der Waals surface area contributed by atoms with Crippen molar-refractivity contribution in [2.75, 3.05) is 31.6 Å². The maximum absolute atomic E-state index is 13.1. The first-order valence-corrected chi connectivity index (χ1v) is 10.9. The number of ether oxygens (including phenoxy) is 1. The van der Waals surface area contributed by atoms with Gasteiger partial charge in [-0.1, -0.05) is 24.3 Å². The van der Waals surface area contributed by atoms with Gasteiger partial charge in [-0.15, -0.1) is 0 Å². The van der Waals surface area contributed by atoms with E-state index in [1.165, 1.54) is 0 Å². The molecule has 0 radical (unpaired) electrons. The highest BCUT2D eigenvalue weighted by molar-refractivity contribution is 6.10. The number of hydrogen-bond donors (Lipinski definition) is 1. The van der Waals surface area contributed by atoms with Crippen molar-refractivity contribution in [2.24, 2.45) is 7.05 Å². The lowest BCUT2D eigenvalue weighted by Crippen LogP contribution is -2.40. The number of rotatable bonds is 5. The molecule has 0 aliphatic carbocycles. The molecule has 0 unspecified atom stereocenters. The van der Waals surface area contributed by atoms with Gasteiger partial charge < -0.3 is 19.4 Å². The Labute approximate surface area is 189 Å². The van der Waals surface area contributed by atoms with Crippen molar-refractivity contribution in [3.05, 3.63) is 64.8 Å². The number of aryl methyl sites for hydroxylation is 2. The Morgan fingerprint density at radius 3 is 2.48 bits per heavy atom. The third-order valence-electron chi connectivity index (χ3n) is 5.97. The molecule has 33 heavy (non-hydrogen) atoms. The lowest BCUT2D eigenvalue weighted by molar-refractivity contribution is -0.116. The Hall–Kier alpha value is -3.85. The molecule has 3 heterocycles. The van der Waals surface area contributed by atoms with Crippen LogP contribution in [0.15, 0.2) is 57.7 Å². The van der Waals surface area contributed by atoms with Crippen LogP contribution < -0.4 is 11.0 Å². The molecule has 0 atom stereocenters. The first kappa shape index (κ1) is 21.0. The Kier molecular flexibility index (Phi) is 5.47. The fraction of sp³-hybridized carbons (Fsp3) is 0.292. The molecule has 170 valence electrons. The third-order valence-corrected chi connectivity index (χ3v) is 5.97. The number of anilines is 1. The topological polar surface area (TPSA) is 98.7 Å². The van der Waals surface area contributed by atoms with Crippen LogP contribution in [0.2, 0.25) is 0 Å². The molecule has 1 N–H and O–H groups in total. The van der Waals surface area contributed by atoms with Crippen molar-refractivity contribution in [2.45, 2.75) is 13.0 Å². The molecule has 0 spiro atoms. The molecule has 2 aromatic heterocycles. The summed E-state index contributed by atoms with van der Waals surface area (Å²) in [7, 11) is 1.71. The summed E-state index contributed by atoms with van der Waals surface area (Å²) < 4.78 is 14.3. The van der Waals surface area contributed by atoms with Crippen molar-refractivity contribution >= 4 is 39.5 Å². The van der Waals surface area contributed by atoms with E-state index in [0.29, 0.717) is 43.0 Å². The zero-order valence-corrected chi connectivity index (χ0v) is 18.2. The van der Waals surface area contributed by atoms with E-state index < -0.39 is 0 Å². The maximum atomic E-state index is 13.1. The van der Waals surface area contributed by atoms with Gasteiger partial charge in [0.1, 0.15) is 11.3 Å². The van der Waals surface area contributed by atoms with E-state index in [2.05, 4.69) is 5.32 Å². The molecule has 4 aromatic rings. The number of amides is 2. The van der Waals surface area contributed by atoms with Crippen LogP contribution in [0.5, 0.6) is 0 Å². The van der Waals surface area contributed by atoms with E-state index in [4.69, 9.17) is 9.15 Å². The standard InChI is InChI=1S/C24H24N4O5/c1-26-17-7-3-4-8-18(17)28(24(26)31)11-10-20(29)25-21-16-6-2-5-9-19(16)33-22(21)23(30)27-12-14-32-15-13-27/h2-9H,10-15H2,1H3,(H,25,29). The van der Waals surface area contributed by atoms with Crippen LogP contribution >= 0.6 is 0 Å². The lowest BCUT2D eigenvalue weighted by atomic mass is 10.2. The monoisotopic (exact) mass is 448 g/mol. The number of hydrogen-bond acceptors (Lipinski definition) is 5. The Morgan fingerprint density at radius 1 is 1.00 bits per heavy atom. The summed E-state index contributed by atoms with van der Waals surface area (Å²) in [5.41, 5.74) is 2.28. The second-order valence-electron chi connectivity index (χ2n) is 7.99. The van der Waals surface area contributed by atoms with Crippen molar-refractivity contribution in [3.8, 4) is 0 Å². The predicted molar refractivity (Wildman–Crippen MR) is 123 cm³/mol. The van der Waals surface area contributed by atoms with Gasteiger partial charge in [-0.25, -0.2) is 4.79 Å². The number of carbonyl (C=O) groups is 2. The summed E-state index contributed by atoms with van der Waals surface area (Å²) in [5, 5.41) is 3.52. The second kappa shape index (κ2) is 8.59. The van der Waals surface area contributed by atoms with E-state index in [9.17, 15) is 14.4 Å². The fourth-order valence-corrected chi connectivity index (χ4v) is 4.22. The average Bonchev–Trinajstić information content (AvgIpc) is 3.33. The molecule has 9 nitrogen and oxygen atoms in total. The number of furan rings is 1. The minimum Gasteiger partial charge on any atom is -0.449 e. The lowest BCUT2D eigenvalue weighted by Gasteiger charge is -2.26. The molecular weight excluding hydrogens is 424 g/mol. The maximum Gasteiger partial charge on any atom is 0.328 e. The van der Waals surface area contributed by atoms with E-state index >= 15 is 0 Å². The fourth-order valence-electron chi connectivity index (χ4n) is 4.22. The second-order valence-corrected chi connectivity index (χ2v) is 7.99. The van der Waals surface area contributed by atoms with Crippen molar-refractivity contribution in [1.29, 1.82) is 0 Å². The van der Waals surface area contributed by atoms with Crippen LogP contribution in [0.4, 0.5) is 5.69 Å². The first-order chi connectivity index (χ1) is 16.0. The molecule has 1 saturated heterocycles. The van der Waals surface area contributed by atoms with Gasteiger partial charge in [0.25, 0.3) is 5.91 Å². The molecule has 1 aliphatic rings. The van der Waals surface area contributed by atoms with Crippen molar-refractivity contribution < 1.29 is 18.7 Å². The van der Waals surface area contributed by atoms with Crippen LogP contribution in [0.1, 0.15) is 17.0 Å². The van der Waals surface area contributed by atoms with Gasteiger partial charge in [0.2, 0.25) is 11.7 Å². The Balaban J connectivity index is 1.40. The van der Waals surface area contributed by atoms with Gasteiger partial charge in [0.05, 0.1) is 24.2 Å². The number of para-hydroxylation sites is 3. The molecule has 1 fully saturated rings. The Morgan fingerprint density at radius 2 is 1.70 bits per heavy atom. The Bertz CT molecular complexity index is 1410. The SMILES string of the molecule is Cn1c(=O)n(CCC(=O)Nc2c(C(=O)N3CCOCC3)oc3ccccc23)c2ccccc21. The predicted octanol–water partition coefficient (Wildman–Crippen LogP) is 2.59. The van der Waals surface area contributed by atoms with E-state index in [0.717, 1.165) is 11.0 Å². The molecule has 2 amide bonds. The molecule has 5 rings (SSSR count). The highest BCUT2D eigenvalue weighted by Crippen LogP contribution is 2.32. The van der Waals surface area contributed by atoms with Crippen LogP contribution in [-0.2, 0) is 23.1 Å². The zero-order chi connectivity index (χ0) is 22.9. The summed E-state index contributed by atoms with van der Waals surface area (Å²) in [6, 6.07) is 14.7. The molecular formula is C24H24N4O5. The van der Waals surface area contributed by atoms with E-state index in [-0.39, 0.29) is 36.2 Å². The highest BCUT2D eigenvalue weighted by atomic mass is 16.5. The molecule has 9 heteroatoms. The number of nitrogens with zero attached hydrogens (tertiary/aromatic N) is 3. The highest BCUT2D eigenvalue weighted by Gasteiger charge is 2.27. The summed E-state index contributed by atoms with van der Waals surface area (Å²) in [5.74, 6) is -0.485. The summed E-state index contributed by atoms with van der Waals surface area (Å²) in [6.07, 6.45) is 0.0681. The van der Waals surface area contributed by atoms with Gasteiger partial charge >= 0.3 is 5.69 Å². The summed E-state index contributed by atoms with van der Waals surface area (Å²) >= 11 is 0. The summed E-state index contributed by atoms with van der Waals surface area (Å²) in [6.45, 7) is 2.08. The van der Waals surface area contributed by atoms with Crippen molar-refractivity contribution in [1.82, 2.24) is 14.0 Å². The molecule has 0 saturated carbocycles. The van der Waals surface area contributed by atoms with E-state index in [1.807, 2.05) is 36.4 Å². The van der Waals surface area contributed by atoms with Crippen LogP contribution in [0, 0.1) is 0 Å². The van der Waals surface area contributed by atoms with Crippen LogP contribution in [-0.4, -0.2) is 52.2 Å². The quantitative estimate of drug-likeness (QED) is 0.506. The van der Waals surface area contributed by atoms with Gasteiger partial charge in [-0.3, -0.25) is 18.7 Å². The summed E-state index contributed by atoms with van der Waals surface area (Å²) in [4.78, 5) is 40.3. The minimum atomic E-state index is -0.308. The number of aromatic nitrogens is 2. The van der Waals surface area contributed by atoms with Gasteiger partial charge in [-0.05, 0) is 24.3 Å². The molecule has 0 bridgehead atoms. The normalized spacial score (nSPS) is 14.2. The third kappa shape index (κ3) is 3.80. The zero-order valence-electron chi connectivity index (χ0n) is 18.2. The van der Waals surface area contributed by atoms with Crippen molar-refractivity contribution in [3.63, 3.8) is 0 Å². The van der Waals surface area contributed by atoms with Gasteiger partial charge in [-0.2, -0.15) is 0 Å². The number of fused-ring (bicyclic) bond motifs is 2. The van der Waals surface area contributed by atoms with E-state index in [1.54, 1.807) is 33.2 Å². The number of carbonyl (C=O) groups excluding carboxylic acids is 2. The first-order valence-electron chi connectivity index (χ1n) is 10.9. The molecule has 2 aromatic carbocycles. The number of nitrogens with one attached hydrogen (secondary N) is 1. The number of morpholine rings is 1. The van der Waals surface area contributed by atoms with Gasteiger partial charge in [0, 0.05) is 38.5 Å². The smallest absolute Gasteiger partial charge is 0.328 e.